The lowest BCUT2D eigenvalue weighted by Crippen LogP contribution is -2.49. The highest BCUT2D eigenvalue weighted by molar-refractivity contribution is 5.06. The molecule has 0 aromatic heterocycles. The first-order valence-corrected chi connectivity index (χ1v) is 10.7. The predicted molar refractivity (Wildman–Crippen MR) is 97.6 cm³/mol. The Morgan fingerprint density at radius 3 is 2.54 bits per heavy atom. The highest BCUT2D eigenvalue weighted by Crippen LogP contribution is 2.64. The molecule has 9 unspecified atom stereocenters. The Morgan fingerprint density at radius 1 is 1.00 bits per heavy atom. The largest absolute Gasteiger partial charge is 0.393 e. The molecule has 0 saturated heterocycles. The van der Waals surface area contributed by atoms with Crippen molar-refractivity contribution in [3.8, 4) is 0 Å². The zero-order valence-corrected chi connectivity index (χ0v) is 16.0. The van der Waals surface area contributed by atoms with Crippen LogP contribution >= 0.6 is 0 Å². The van der Waals surface area contributed by atoms with E-state index in [4.69, 9.17) is 4.74 Å². The van der Waals surface area contributed by atoms with E-state index in [0.29, 0.717) is 11.3 Å². The van der Waals surface area contributed by atoms with E-state index in [2.05, 4.69) is 6.92 Å². The van der Waals surface area contributed by atoms with E-state index in [0.717, 1.165) is 42.1 Å². The van der Waals surface area contributed by atoms with Gasteiger partial charge in [0.2, 0.25) is 0 Å². The molecule has 0 radical (unpaired) electrons. The third-order valence-corrected chi connectivity index (χ3v) is 9.12. The molecule has 2 heteroatoms. The first-order chi connectivity index (χ1) is 11.5. The lowest BCUT2D eigenvalue weighted by molar-refractivity contribution is -0.0846. The van der Waals surface area contributed by atoms with Gasteiger partial charge in [0.15, 0.2) is 0 Å². The molecule has 0 aromatic carbocycles. The van der Waals surface area contributed by atoms with Crippen LogP contribution in [0.3, 0.4) is 0 Å². The first-order valence-electron chi connectivity index (χ1n) is 10.7. The van der Waals surface area contributed by atoms with Crippen molar-refractivity contribution < 1.29 is 9.84 Å². The number of aliphatic hydroxyl groups excluding tert-OH is 1. The summed E-state index contributed by atoms with van der Waals surface area (Å²) < 4.78 is 5.45. The summed E-state index contributed by atoms with van der Waals surface area (Å²) in [6, 6.07) is 0. The van der Waals surface area contributed by atoms with Gasteiger partial charge in [-0.05, 0) is 112 Å². The average molecular weight is 335 g/mol. The van der Waals surface area contributed by atoms with E-state index in [9.17, 15) is 5.11 Å². The molecule has 4 aliphatic rings. The van der Waals surface area contributed by atoms with Crippen LogP contribution in [0.4, 0.5) is 0 Å². The third-order valence-electron chi connectivity index (χ3n) is 9.12. The minimum atomic E-state index is -0.114. The van der Waals surface area contributed by atoms with Gasteiger partial charge in [-0.15, -0.1) is 0 Å². The Bertz CT molecular complexity index is 447. The molecular formula is C22H38O2. The van der Waals surface area contributed by atoms with E-state index < -0.39 is 0 Å². The van der Waals surface area contributed by atoms with Gasteiger partial charge in [0.1, 0.15) is 0 Å². The summed E-state index contributed by atoms with van der Waals surface area (Å²) in [5.74, 6) is 6.23. The number of methoxy groups -OCH3 is 1. The van der Waals surface area contributed by atoms with Crippen LogP contribution in [0.15, 0.2) is 0 Å². The fourth-order valence-electron chi connectivity index (χ4n) is 8.17. The molecule has 4 rings (SSSR count). The van der Waals surface area contributed by atoms with Crippen LogP contribution in [0.25, 0.3) is 0 Å². The fourth-order valence-corrected chi connectivity index (χ4v) is 8.17. The van der Waals surface area contributed by atoms with Gasteiger partial charge in [0.25, 0.3) is 0 Å². The summed E-state index contributed by atoms with van der Waals surface area (Å²) in [6.07, 6.45) is 12.6. The van der Waals surface area contributed by atoms with Crippen LogP contribution < -0.4 is 0 Å². The van der Waals surface area contributed by atoms with Crippen LogP contribution in [0.5, 0.6) is 0 Å². The van der Waals surface area contributed by atoms with E-state index in [1.807, 2.05) is 14.0 Å². The second kappa shape index (κ2) is 6.58. The lowest BCUT2D eigenvalue weighted by atomic mass is 9.49. The number of aliphatic hydroxyl groups is 1. The van der Waals surface area contributed by atoms with Crippen molar-refractivity contribution in [3.63, 3.8) is 0 Å². The molecule has 138 valence electrons. The van der Waals surface area contributed by atoms with Gasteiger partial charge in [0, 0.05) is 13.7 Å². The molecule has 0 amide bonds. The Labute approximate surface area is 148 Å². The van der Waals surface area contributed by atoms with Crippen molar-refractivity contribution in [1.82, 2.24) is 0 Å². The Kier molecular flexibility index (Phi) is 4.75. The summed E-state index contributed by atoms with van der Waals surface area (Å²) in [5.41, 5.74) is 0.426. The second-order valence-corrected chi connectivity index (χ2v) is 10.0. The van der Waals surface area contributed by atoms with Gasteiger partial charge in [-0.2, -0.15) is 0 Å². The second-order valence-electron chi connectivity index (χ2n) is 10.0. The van der Waals surface area contributed by atoms with Gasteiger partial charge in [0.05, 0.1) is 6.10 Å². The normalized spacial score (nSPS) is 52.2. The Morgan fingerprint density at radius 2 is 1.79 bits per heavy atom. The SMILES string of the molecule is COCC1CCC2C(CCC3C2CCC2(C)C(C(C)O)CCC32)C1. The summed E-state index contributed by atoms with van der Waals surface area (Å²) >= 11 is 0. The number of hydrogen-bond acceptors (Lipinski definition) is 2. The standard InChI is InChI=1S/C22H38O2/c1-14(23)20-8-9-21-19-7-5-16-12-15(13-24-3)4-6-17(16)18(19)10-11-22(20,21)2/h14-21,23H,4-13H2,1-3H3. The smallest absolute Gasteiger partial charge is 0.0545 e. The van der Waals surface area contributed by atoms with Crippen molar-refractivity contribution in [2.24, 2.45) is 46.8 Å². The molecule has 4 fully saturated rings. The van der Waals surface area contributed by atoms with Gasteiger partial charge in [-0.3, -0.25) is 0 Å². The molecule has 1 N–H and O–H groups in total. The fraction of sp³-hybridized carbons (Fsp3) is 1.00. The number of hydrogen-bond donors (Lipinski definition) is 1. The zero-order chi connectivity index (χ0) is 16.9. The maximum Gasteiger partial charge on any atom is 0.0545 e. The molecule has 0 bridgehead atoms. The number of ether oxygens (including phenoxy) is 1. The average Bonchev–Trinajstić information content (AvgIpc) is 2.92. The quantitative estimate of drug-likeness (QED) is 0.795. The maximum absolute atomic E-state index is 10.3. The Hall–Kier alpha value is -0.0800. The van der Waals surface area contributed by atoms with Crippen LogP contribution in [0.2, 0.25) is 0 Å². The van der Waals surface area contributed by atoms with E-state index >= 15 is 0 Å². The summed E-state index contributed by atoms with van der Waals surface area (Å²) in [6.45, 7) is 5.55. The zero-order valence-electron chi connectivity index (χ0n) is 16.0. The molecule has 4 saturated carbocycles. The van der Waals surface area contributed by atoms with Crippen LogP contribution in [0.1, 0.15) is 71.6 Å². The van der Waals surface area contributed by atoms with Crippen molar-refractivity contribution in [1.29, 1.82) is 0 Å². The Balaban J connectivity index is 1.48. The summed E-state index contributed by atoms with van der Waals surface area (Å²) in [7, 11) is 1.86. The maximum atomic E-state index is 10.3. The molecule has 0 aliphatic heterocycles. The highest BCUT2D eigenvalue weighted by atomic mass is 16.5. The van der Waals surface area contributed by atoms with Crippen LogP contribution in [0, 0.1) is 46.8 Å². The summed E-state index contributed by atoms with van der Waals surface area (Å²) in [4.78, 5) is 0. The molecular weight excluding hydrogens is 296 g/mol. The predicted octanol–water partition coefficient (Wildman–Crippen LogP) is 4.90. The number of rotatable bonds is 3. The molecule has 24 heavy (non-hydrogen) atoms. The molecule has 0 spiro atoms. The summed E-state index contributed by atoms with van der Waals surface area (Å²) in [5, 5.41) is 10.3. The van der Waals surface area contributed by atoms with Crippen molar-refractivity contribution in [2.45, 2.75) is 77.7 Å². The van der Waals surface area contributed by atoms with E-state index in [1.54, 1.807) is 0 Å². The van der Waals surface area contributed by atoms with Crippen molar-refractivity contribution >= 4 is 0 Å². The number of fused-ring (bicyclic) bond motifs is 5. The van der Waals surface area contributed by atoms with Crippen LogP contribution in [-0.2, 0) is 4.74 Å². The third kappa shape index (κ3) is 2.67. The minimum Gasteiger partial charge on any atom is -0.393 e. The van der Waals surface area contributed by atoms with E-state index in [1.165, 1.54) is 57.8 Å². The molecule has 4 aliphatic carbocycles. The van der Waals surface area contributed by atoms with Crippen molar-refractivity contribution in [3.05, 3.63) is 0 Å². The first kappa shape index (κ1) is 17.3. The molecule has 9 atom stereocenters. The van der Waals surface area contributed by atoms with Gasteiger partial charge in [-0.25, -0.2) is 0 Å². The van der Waals surface area contributed by atoms with E-state index in [-0.39, 0.29) is 6.10 Å². The van der Waals surface area contributed by atoms with Gasteiger partial charge < -0.3 is 9.84 Å². The topological polar surface area (TPSA) is 29.5 Å². The lowest BCUT2D eigenvalue weighted by Gasteiger charge is -2.56. The van der Waals surface area contributed by atoms with Gasteiger partial charge >= 0.3 is 0 Å². The monoisotopic (exact) mass is 334 g/mol. The molecule has 2 nitrogen and oxygen atoms in total. The molecule has 0 heterocycles. The van der Waals surface area contributed by atoms with Crippen LogP contribution in [-0.4, -0.2) is 24.9 Å². The van der Waals surface area contributed by atoms with Crippen molar-refractivity contribution in [2.75, 3.05) is 13.7 Å². The molecule has 0 aromatic rings. The van der Waals surface area contributed by atoms with Gasteiger partial charge in [-0.1, -0.05) is 6.92 Å². The highest BCUT2D eigenvalue weighted by Gasteiger charge is 2.57. The minimum absolute atomic E-state index is 0.114.